The number of ether oxygens (including phenoxy) is 1. The van der Waals surface area contributed by atoms with Crippen molar-refractivity contribution in [1.29, 1.82) is 0 Å². The molecule has 0 radical (unpaired) electrons. The van der Waals surface area contributed by atoms with E-state index in [-0.39, 0.29) is 30.2 Å². The maximum Gasteiger partial charge on any atom is 0.257 e. The molecule has 2 aromatic carbocycles. The quantitative estimate of drug-likeness (QED) is 0.598. The van der Waals surface area contributed by atoms with Crippen LogP contribution in [0.3, 0.4) is 0 Å². The highest BCUT2D eigenvalue weighted by atomic mass is 35.5. The molecule has 178 valence electrons. The largest absolute Gasteiger partial charge is 0.491 e. The lowest BCUT2D eigenvalue weighted by Crippen LogP contribution is -2.48. The highest BCUT2D eigenvalue weighted by Crippen LogP contribution is 2.24. The summed E-state index contributed by atoms with van der Waals surface area (Å²) in [4.78, 5) is 30.2. The molecule has 6 heteroatoms. The highest BCUT2D eigenvalue weighted by Gasteiger charge is 2.28. The Bertz CT molecular complexity index is 946. The fourth-order valence-electron chi connectivity index (χ4n) is 4.26. The second-order valence-electron chi connectivity index (χ2n) is 9.11. The molecular formula is C27H35ClN2O3. The summed E-state index contributed by atoms with van der Waals surface area (Å²) in [6.07, 6.45) is 4.16. The molecule has 33 heavy (non-hydrogen) atoms. The van der Waals surface area contributed by atoms with E-state index in [1.165, 1.54) is 0 Å². The molecule has 0 aromatic heterocycles. The van der Waals surface area contributed by atoms with Crippen molar-refractivity contribution in [3.05, 3.63) is 64.7 Å². The van der Waals surface area contributed by atoms with Crippen LogP contribution >= 0.6 is 11.6 Å². The van der Waals surface area contributed by atoms with Crippen molar-refractivity contribution in [2.75, 3.05) is 26.7 Å². The Morgan fingerprint density at radius 2 is 1.70 bits per heavy atom. The molecule has 0 spiro atoms. The van der Waals surface area contributed by atoms with Gasteiger partial charge < -0.3 is 14.5 Å². The van der Waals surface area contributed by atoms with Crippen LogP contribution in [0.2, 0.25) is 5.02 Å². The van der Waals surface area contributed by atoms with E-state index in [9.17, 15) is 9.59 Å². The Balaban J connectivity index is 1.87. The lowest BCUT2D eigenvalue weighted by Gasteiger charge is -2.35. The molecule has 0 aliphatic carbocycles. The normalized spacial score (nSPS) is 18.5. The van der Waals surface area contributed by atoms with E-state index in [1.807, 2.05) is 60.5 Å². The molecule has 0 saturated heterocycles. The zero-order valence-corrected chi connectivity index (χ0v) is 20.7. The van der Waals surface area contributed by atoms with E-state index in [4.69, 9.17) is 16.3 Å². The van der Waals surface area contributed by atoms with Gasteiger partial charge in [-0.15, -0.1) is 0 Å². The molecule has 2 aromatic rings. The van der Waals surface area contributed by atoms with Gasteiger partial charge in [-0.3, -0.25) is 9.59 Å². The Morgan fingerprint density at radius 3 is 2.42 bits per heavy atom. The van der Waals surface area contributed by atoms with Gasteiger partial charge in [0.1, 0.15) is 12.4 Å². The first-order valence-corrected chi connectivity index (χ1v) is 12.3. The summed E-state index contributed by atoms with van der Waals surface area (Å²) in [5.74, 6) is 0.784. The van der Waals surface area contributed by atoms with Crippen LogP contribution in [-0.2, 0) is 11.2 Å². The third-order valence-electron chi connectivity index (χ3n) is 6.31. The molecule has 1 atom stereocenters. The number of carbonyl (C=O) groups excluding carboxylic acids is 2. The number of hydrogen-bond donors (Lipinski definition) is 0. The average molecular weight is 471 g/mol. The van der Waals surface area contributed by atoms with Gasteiger partial charge in [-0.2, -0.15) is 0 Å². The molecule has 1 aliphatic heterocycles. The minimum atomic E-state index is -0.108. The second kappa shape index (κ2) is 12.1. The average Bonchev–Trinajstić information content (AvgIpc) is 2.80. The first-order chi connectivity index (χ1) is 15.9. The van der Waals surface area contributed by atoms with Gasteiger partial charge in [0.2, 0.25) is 5.91 Å². The minimum Gasteiger partial charge on any atom is -0.491 e. The summed E-state index contributed by atoms with van der Waals surface area (Å²) in [5, 5.41) is 0.613. The van der Waals surface area contributed by atoms with E-state index in [2.05, 4.69) is 13.8 Å². The van der Waals surface area contributed by atoms with Crippen LogP contribution < -0.4 is 4.74 Å². The van der Waals surface area contributed by atoms with Crippen LogP contribution in [0.4, 0.5) is 0 Å². The Labute approximate surface area is 202 Å². The fraction of sp³-hybridized carbons (Fsp3) is 0.481. The molecule has 1 heterocycles. The van der Waals surface area contributed by atoms with Crippen molar-refractivity contribution in [2.24, 2.45) is 5.92 Å². The molecule has 2 amide bonds. The van der Waals surface area contributed by atoms with E-state index >= 15 is 0 Å². The van der Waals surface area contributed by atoms with E-state index in [0.29, 0.717) is 36.0 Å². The number of benzene rings is 2. The number of halogens is 1. The Hall–Kier alpha value is -2.53. The smallest absolute Gasteiger partial charge is 0.257 e. The predicted octanol–water partition coefficient (Wildman–Crippen LogP) is 5.46. The lowest BCUT2D eigenvalue weighted by atomic mass is 10.0. The topological polar surface area (TPSA) is 49.9 Å². The summed E-state index contributed by atoms with van der Waals surface area (Å²) in [7, 11) is 1.84. The first kappa shape index (κ1) is 25.1. The van der Waals surface area contributed by atoms with Crippen molar-refractivity contribution >= 4 is 23.4 Å². The van der Waals surface area contributed by atoms with Crippen molar-refractivity contribution in [3.8, 4) is 5.75 Å². The Morgan fingerprint density at radius 1 is 1.03 bits per heavy atom. The third-order valence-corrected chi connectivity index (χ3v) is 6.67. The molecule has 0 N–H and O–H groups in total. The monoisotopic (exact) mass is 470 g/mol. The predicted molar refractivity (Wildman–Crippen MR) is 133 cm³/mol. The molecule has 0 fully saturated rings. The molecule has 0 saturated carbocycles. The minimum absolute atomic E-state index is 0.0320. The van der Waals surface area contributed by atoms with Gasteiger partial charge >= 0.3 is 0 Å². The number of para-hydroxylation sites is 1. The van der Waals surface area contributed by atoms with E-state index < -0.39 is 0 Å². The molecular weight excluding hydrogens is 436 g/mol. The maximum absolute atomic E-state index is 13.5. The van der Waals surface area contributed by atoms with Gasteiger partial charge in [-0.1, -0.05) is 68.6 Å². The zero-order valence-electron chi connectivity index (χ0n) is 19.9. The molecule has 3 rings (SSSR count). The zero-order chi connectivity index (χ0) is 23.8. The van der Waals surface area contributed by atoms with Gasteiger partial charge in [0.25, 0.3) is 5.91 Å². The molecule has 1 aliphatic rings. The van der Waals surface area contributed by atoms with Gasteiger partial charge in [0.05, 0.1) is 18.0 Å². The van der Waals surface area contributed by atoms with Crippen LogP contribution in [0.5, 0.6) is 5.75 Å². The summed E-state index contributed by atoms with van der Waals surface area (Å²) >= 11 is 6.34. The number of rotatable bonds is 3. The standard InChI is InChI=1S/C27H35ClN2O3/c1-20(2)24-19-33-25-15-9-7-13-22(25)27(32)29(3)16-10-4-5-11-17-30(24)26(31)18-21-12-6-8-14-23(21)28/h6-9,12-15,20,24H,4-5,10-11,16-19H2,1-3H3/t24-/m1/s1. The lowest BCUT2D eigenvalue weighted by molar-refractivity contribution is -0.134. The summed E-state index contributed by atoms with van der Waals surface area (Å²) in [5.41, 5.74) is 1.40. The van der Waals surface area contributed by atoms with E-state index in [0.717, 1.165) is 31.2 Å². The highest BCUT2D eigenvalue weighted by molar-refractivity contribution is 6.31. The van der Waals surface area contributed by atoms with E-state index in [1.54, 1.807) is 4.90 Å². The van der Waals surface area contributed by atoms with Gasteiger partial charge in [0, 0.05) is 25.2 Å². The van der Waals surface area contributed by atoms with Crippen LogP contribution in [0.15, 0.2) is 48.5 Å². The number of amides is 2. The number of nitrogens with zero attached hydrogens (tertiary/aromatic N) is 2. The van der Waals surface area contributed by atoms with Gasteiger partial charge in [0.15, 0.2) is 0 Å². The Kier molecular flexibility index (Phi) is 9.19. The molecule has 0 bridgehead atoms. The summed E-state index contributed by atoms with van der Waals surface area (Å²) in [6, 6.07) is 14.8. The number of hydrogen-bond acceptors (Lipinski definition) is 3. The second-order valence-corrected chi connectivity index (χ2v) is 9.52. The summed E-state index contributed by atoms with van der Waals surface area (Å²) < 4.78 is 6.21. The van der Waals surface area contributed by atoms with Crippen LogP contribution in [0.1, 0.15) is 55.5 Å². The molecule has 5 nitrogen and oxygen atoms in total. The SMILES string of the molecule is CC(C)[C@H]1COc2ccccc2C(=O)N(C)CCCCCCN1C(=O)Cc1ccccc1Cl. The van der Waals surface area contributed by atoms with Crippen LogP contribution in [-0.4, -0.2) is 54.4 Å². The molecule has 0 unspecified atom stereocenters. The van der Waals surface area contributed by atoms with Crippen molar-refractivity contribution < 1.29 is 14.3 Å². The van der Waals surface area contributed by atoms with Crippen molar-refractivity contribution in [3.63, 3.8) is 0 Å². The number of fused-ring (bicyclic) bond motifs is 1. The first-order valence-electron chi connectivity index (χ1n) is 11.9. The number of carbonyl (C=O) groups is 2. The van der Waals surface area contributed by atoms with Crippen molar-refractivity contribution in [2.45, 2.75) is 52.0 Å². The fourth-order valence-corrected chi connectivity index (χ4v) is 4.46. The summed E-state index contributed by atoms with van der Waals surface area (Å²) in [6.45, 7) is 5.94. The van der Waals surface area contributed by atoms with Gasteiger partial charge in [-0.05, 0) is 42.5 Å². The maximum atomic E-state index is 13.5. The third kappa shape index (κ3) is 6.73. The van der Waals surface area contributed by atoms with Crippen molar-refractivity contribution in [1.82, 2.24) is 9.80 Å². The van der Waals surface area contributed by atoms with Crippen LogP contribution in [0.25, 0.3) is 0 Å². The van der Waals surface area contributed by atoms with Crippen LogP contribution in [0, 0.1) is 5.92 Å². The van der Waals surface area contributed by atoms with Gasteiger partial charge in [-0.25, -0.2) is 0 Å².